The quantitative estimate of drug-likeness (QED) is 0.0727. The molecule has 0 N–H and O–H groups in total. The van der Waals surface area contributed by atoms with Gasteiger partial charge in [0, 0.05) is 0 Å². The molecule has 0 aromatic rings. The summed E-state index contributed by atoms with van der Waals surface area (Å²) in [6.07, 6.45) is 11.1. The van der Waals surface area contributed by atoms with Crippen molar-refractivity contribution in [1.29, 1.82) is 0 Å². The molecule has 0 rings (SSSR count). The van der Waals surface area contributed by atoms with Crippen molar-refractivity contribution in [3.63, 3.8) is 0 Å². The zero-order valence-electron chi connectivity index (χ0n) is 19.1. The minimum absolute atomic E-state index is 1.34. The number of hydrogen-bond donors (Lipinski definition) is 0. The molecule has 0 atom stereocenters. The van der Waals surface area contributed by atoms with E-state index in [1.165, 1.54) is 82.0 Å². The first-order valence-electron chi connectivity index (χ1n) is 10.7. The van der Waals surface area contributed by atoms with Crippen molar-refractivity contribution in [1.82, 2.24) is 0 Å². The highest BCUT2D eigenvalue weighted by Gasteiger charge is 2.63. The van der Waals surface area contributed by atoms with Crippen LogP contribution in [0.3, 0.4) is 0 Å². The van der Waals surface area contributed by atoms with Gasteiger partial charge in [0.25, 0.3) is 0 Å². The van der Waals surface area contributed by atoms with Crippen molar-refractivity contribution in [2.45, 2.75) is 90.1 Å². The molecule has 0 spiro atoms. The lowest BCUT2D eigenvalue weighted by Gasteiger charge is -2.39. The molecule has 14 heteroatoms. The van der Waals surface area contributed by atoms with Crippen molar-refractivity contribution in [3.8, 4) is 0 Å². The number of unbranched alkanes of at least 4 members (excludes halogenated alkanes) is 4. The molecule has 0 saturated carbocycles. The van der Waals surface area contributed by atoms with E-state index in [0.717, 1.165) is 0 Å². The minimum Gasteiger partial charge on any atom is -0.324 e. The summed E-state index contributed by atoms with van der Waals surface area (Å²) in [5, 5.41) is 0. The molecule has 0 heterocycles. The summed E-state index contributed by atoms with van der Waals surface area (Å²) in [7, 11) is -15.5. The fourth-order valence-electron chi connectivity index (χ4n) is 3.20. The Hall–Kier alpha value is -0.210. The third kappa shape index (κ3) is 12.9. The van der Waals surface area contributed by atoms with Gasteiger partial charge in [-0.05, 0) is 32.1 Å². The van der Waals surface area contributed by atoms with E-state index in [1.54, 1.807) is 0 Å². The molecule has 0 radical (unpaired) electrons. The molecule has 0 saturated heterocycles. The number of rotatable bonds is 14. The van der Waals surface area contributed by atoms with E-state index in [-0.39, 0.29) is 0 Å². The lowest BCUT2D eigenvalue weighted by Crippen LogP contribution is -2.50. The highest BCUT2D eigenvalue weighted by molar-refractivity contribution is 8.94. The first-order valence-corrected chi connectivity index (χ1v) is 15.7. The second-order valence-corrected chi connectivity index (χ2v) is 15.2. The number of thiol groups is 1. The largest absolute Gasteiger partial charge is 0.545 e. The number of alkyl halides is 6. The van der Waals surface area contributed by atoms with Crippen LogP contribution in [0.25, 0.3) is 0 Å². The summed E-state index contributed by atoms with van der Waals surface area (Å²) in [5.74, 6) is 0. The van der Waals surface area contributed by atoms with Crippen molar-refractivity contribution in [3.05, 3.63) is 0 Å². The predicted octanol–water partition coefficient (Wildman–Crippen LogP) is 5.50. The SMILES string of the molecule is CCCCCC[N+](CCC)(CCC)CCCC.O=S(=O)([SH+]S(=O)(=O)C(F)(F)F)C(F)(F)F. The van der Waals surface area contributed by atoms with Crippen LogP contribution in [0.15, 0.2) is 0 Å². The van der Waals surface area contributed by atoms with Gasteiger partial charge in [-0.25, -0.2) is 0 Å². The van der Waals surface area contributed by atoms with E-state index in [9.17, 15) is 43.2 Å². The summed E-state index contributed by atoms with van der Waals surface area (Å²) in [4.78, 5) is 0. The van der Waals surface area contributed by atoms with Gasteiger partial charge < -0.3 is 4.48 Å². The smallest absolute Gasteiger partial charge is 0.324 e. The molecule has 0 aliphatic rings. The summed E-state index contributed by atoms with van der Waals surface area (Å²) >= 11 is 0. The van der Waals surface area contributed by atoms with Gasteiger partial charge >= 0.3 is 28.8 Å². The zero-order chi connectivity index (χ0) is 25.7. The summed E-state index contributed by atoms with van der Waals surface area (Å²) in [6, 6.07) is 0. The second kappa shape index (κ2) is 14.9. The lowest BCUT2D eigenvalue weighted by atomic mass is 10.1. The van der Waals surface area contributed by atoms with Crippen molar-refractivity contribution in [2.24, 2.45) is 0 Å². The molecule has 196 valence electrons. The average Bonchev–Trinajstić information content (AvgIpc) is 2.62. The van der Waals surface area contributed by atoms with E-state index in [2.05, 4.69) is 27.7 Å². The maximum atomic E-state index is 11.5. The van der Waals surface area contributed by atoms with E-state index < -0.39 is 38.6 Å². The van der Waals surface area contributed by atoms with Crippen LogP contribution in [0.4, 0.5) is 26.3 Å². The highest BCUT2D eigenvalue weighted by Crippen LogP contribution is 2.32. The number of quaternary nitrogens is 1. The molecule has 32 heavy (non-hydrogen) atoms. The first kappa shape index (κ1) is 34.0. The van der Waals surface area contributed by atoms with Crippen LogP contribution in [-0.4, -0.2) is 58.5 Å². The van der Waals surface area contributed by atoms with Crippen LogP contribution >= 0.6 is 0 Å². The van der Waals surface area contributed by atoms with Gasteiger partial charge in [0.05, 0.1) is 26.2 Å². The van der Waals surface area contributed by atoms with E-state index in [1.807, 2.05) is 0 Å². The normalized spacial score (nSPS) is 13.6. The molecule has 0 aliphatic heterocycles. The third-order valence-corrected chi connectivity index (χ3v) is 12.2. The Morgan fingerprint density at radius 2 is 0.938 bits per heavy atom. The first-order chi connectivity index (χ1) is 14.4. The van der Waals surface area contributed by atoms with Gasteiger partial charge in [-0.2, -0.15) is 43.2 Å². The van der Waals surface area contributed by atoms with Crippen LogP contribution in [0.5, 0.6) is 0 Å². The van der Waals surface area contributed by atoms with Gasteiger partial charge in [-0.15, -0.1) is 0 Å². The molecule has 0 amide bonds. The molecule has 0 unspecified atom stereocenters. The standard InChI is InChI=1S/C16H36N.C2F6O4S3/c1-5-9-11-12-16-17(13-7-3,14-8-4)15-10-6-2;3-1(4,5)14(9,10)13-15(11,12)2(6,7)8/h5-16H2,1-4H3;/q+1;/p+1. The van der Waals surface area contributed by atoms with Crippen molar-refractivity contribution in [2.75, 3.05) is 26.2 Å². The van der Waals surface area contributed by atoms with Crippen LogP contribution in [0, 0.1) is 0 Å². The molecule has 0 aromatic carbocycles. The fourth-order valence-corrected chi connectivity index (χ4v) is 8.76. The Bertz CT molecular complexity index is 659. The zero-order valence-corrected chi connectivity index (χ0v) is 21.6. The molecule has 0 bridgehead atoms. The van der Waals surface area contributed by atoms with Crippen LogP contribution in [0.2, 0.25) is 0 Å². The van der Waals surface area contributed by atoms with Crippen LogP contribution < -0.4 is 0 Å². The number of hydrogen-bond acceptors (Lipinski definition) is 4. The lowest BCUT2D eigenvalue weighted by molar-refractivity contribution is -0.928. The minimum atomic E-state index is -6.37. The Morgan fingerprint density at radius 1 is 0.562 bits per heavy atom. The maximum Gasteiger partial charge on any atom is 0.545 e. The molecular formula is C18H37F6NO4S3+2. The topological polar surface area (TPSA) is 68.3 Å². The molecule has 0 aliphatic carbocycles. The van der Waals surface area contributed by atoms with Crippen molar-refractivity contribution >= 4 is 27.6 Å². The van der Waals surface area contributed by atoms with E-state index >= 15 is 0 Å². The highest BCUT2D eigenvalue weighted by atomic mass is 33.5. The third-order valence-electron chi connectivity index (χ3n) is 4.65. The molecule has 5 nitrogen and oxygen atoms in total. The van der Waals surface area contributed by atoms with Gasteiger partial charge in [0.1, 0.15) is 0 Å². The second-order valence-electron chi connectivity index (χ2n) is 7.57. The van der Waals surface area contributed by atoms with Crippen LogP contribution in [0.1, 0.15) is 79.1 Å². The Kier molecular flexibility index (Phi) is 15.8. The summed E-state index contributed by atoms with van der Waals surface area (Å²) in [5.41, 5.74) is -12.1. The Labute approximate surface area is 191 Å². The van der Waals surface area contributed by atoms with Crippen molar-refractivity contribution < 1.29 is 47.7 Å². The summed E-state index contributed by atoms with van der Waals surface area (Å²) < 4.78 is 111. The molecule has 0 fully saturated rings. The Morgan fingerprint density at radius 3 is 1.25 bits per heavy atom. The number of nitrogens with zero attached hydrogens (tertiary/aromatic N) is 1. The molecule has 0 aromatic heterocycles. The van der Waals surface area contributed by atoms with Gasteiger partial charge in [0.2, 0.25) is 9.83 Å². The molecular weight excluding hydrogens is 504 g/mol. The van der Waals surface area contributed by atoms with Gasteiger partial charge in [0.15, 0.2) is 0 Å². The maximum absolute atomic E-state index is 11.5. The fraction of sp³-hybridized carbons (Fsp3) is 1.00. The predicted molar refractivity (Wildman–Crippen MR) is 118 cm³/mol. The van der Waals surface area contributed by atoms with E-state index in [4.69, 9.17) is 0 Å². The van der Waals surface area contributed by atoms with E-state index in [0.29, 0.717) is 0 Å². The average molecular weight is 542 g/mol. The van der Waals surface area contributed by atoms with Gasteiger partial charge in [-0.1, -0.05) is 47.0 Å². The Balaban J connectivity index is 0. The monoisotopic (exact) mass is 541 g/mol. The van der Waals surface area contributed by atoms with Gasteiger partial charge in [-0.3, -0.25) is 0 Å². The van der Waals surface area contributed by atoms with Crippen LogP contribution in [-0.2, 0) is 27.6 Å². The summed E-state index contributed by atoms with van der Waals surface area (Å²) in [6.45, 7) is 15.0. The number of halogens is 6.